The number of carboxylic acids is 1. The molecule has 0 saturated heterocycles. The molecule has 0 radical (unpaired) electrons. The van der Waals surface area contributed by atoms with E-state index in [1.807, 2.05) is 0 Å². The van der Waals surface area contributed by atoms with Crippen LogP contribution in [-0.4, -0.2) is 17.4 Å². The Morgan fingerprint density at radius 1 is 1.00 bits per heavy atom. The van der Waals surface area contributed by atoms with Gasteiger partial charge in [0.2, 0.25) is 0 Å². The third-order valence-electron chi connectivity index (χ3n) is 3.70. The third-order valence-corrected chi connectivity index (χ3v) is 3.70. The van der Waals surface area contributed by atoms with Gasteiger partial charge in [0.05, 0.1) is 0 Å². The van der Waals surface area contributed by atoms with Crippen LogP contribution >= 0.6 is 0 Å². The Morgan fingerprint density at radius 3 is 2.30 bits per heavy atom. The summed E-state index contributed by atoms with van der Waals surface area (Å²) < 4.78 is 59.5. The van der Waals surface area contributed by atoms with Gasteiger partial charge >= 0.3 is 12.3 Å². The topological polar surface area (TPSA) is 55.8 Å². The smallest absolute Gasteiger partial charge is 0.487 e. The first-order chi connectivity index (χ1) is 12.7. The molecule has 0 heterocycles. The number of fused-ring (bicyclic) bond motifs is 1. The zero-order valence-electron chi connectivity index (χ0n) is 13.6. The molecule has 0 aliphatic rings. The van der Waals surface area contributed by atoms with Crippen molar-refractivity contribution in [2.24, 2.45) is 0 Å². The Hall–Kier alpha value is -3.29. The summed E-state index contributed by atoms with van der Waals surface area (Å²) >= 11 is 0. The summed E-state index contributed by atoms with van der Waals surface area (Å²) in [4.78, 5) is 11.4. The first-order valence-electron chi connectivity index (χ1n) is 7.66. The second-order valence-corrected chi connectivity index (χ2v) is 5.59. The second kappa shape index (κ2) is 7.14. The Kier molecular flexibility index (Phi) is 4.89. The van der Waals surface area contributed by atoms with Crippen LogP contribution in [0.1, 0.15) is 15.9 Å². The molecule has 3 rings (SSSR count). The number of aromatic carboxylic acids is 1. The van der Waals surface area contributed by atoms with E-state index < -0.39 is 18.1 Å². The van der Waals surface area contributed by atoms with Gasteiger partial charge in [-0.05, 0) is 41.3 Å². The van der Waals surface area contributed by atoms with Gasteiger partial charge in [-0.2, -0.15) is 0 Å². The summed E-state index contributed by atoms with van der Waals surface area (Å²) in [7, 11) is 0. The van der Waals surface area contributed by atoms with Crippen molar-refractivity contribution in [3.63, 3.8) is 0 Å². The predicted octanol–water partition coefficient (Wildman–Crippen LogP) is 5.15. The molecule has 0 unspecified atom stereocenters. The van der Waals surface area contributed by atoms with Crippen molar-refractivity contribution in [3.05, 3.63) is 71.5 Å². The molecule has 0 amide bonds. The molecule has 0 atom stereocenters. The highest BCUT2D eigenvalue weighted by atomic mass is 19.4. The number of rotatable bonds is 5. The number of carbonyl (C=O) groups is 1. The van der Waals surface area contributed by atoms with Crippen LogP contribution in [0.5, 0.6) is 11.5 Å². The molecule has 0 spiro atoms. The minimum Gasteiger partial charge on any atom is -0.487 e. The highest BCUT2D eigenvalue weighted by Crippen LogP contribution is 2.32. The number of ether oxygens (including phenoxy) is 2. The van der Waals surface area contributed by atoms with Crippen LogP contribution in [0, 0.1) is 5.82 Å². The van der Waals surface area contributed by atoms with E-state index in [4.69, 9.17) is 4.74 Å². The summed E-state index contributed by atoms with van der Waals surface area (Å²) in [6.07, 6.45) is -4.79. The van der Waals surface area contributed by atoms with E-state index in [9.17, 15) is 27.5 Å². The van der Waals surface area contributed by atoms with Crippen molar-refractivity contribution >= 4 is 16.7 Å². The van der Waals surface area contributed by atoms with Crippen molar-refractivity contribution in [2.45, 2.75) is 13.0 Å². The Balaban J connectivity index is 1.87. The number of alkyl halides is 3. The van der Waals surface area contributed by atoms with Gasteiger partial charge in [0.25, 0.3) is 0 Å². The third kappa shape index (κ3) is 4.46. The average Bonchev–Trinajstić information content (AvgIpc) is 2.59. The highest BCUT2D eigenvalue weighted by molar-refractivity contribution is 6.00. The molecule has 8 heteroatoms. The van der Waals surface area contributed by atoms with Crippen LogP contribution in [0.25, 0.3) is 10.8 Å². The monoisotopic (exact) mass is 380 g/mol. The van der Waals surface area contributed by atoms with Crippen molar-refractivity contribution in [3.8, 4) is 11.5 Å². The van der Waals surface area contributed by atoms with Gasteiger partial charge in [0.15, 0.2) is 0 Å². The van der Waals surface area contributed by atoms with Crippen molar-refractivity contribution in [2.75, 3.05) is 0 Å². The lowest BCUT2D eigenvalue weighted by Crippen LogP contribution is -2.17. The molecule has 3 aromatic rings. The number of hydrogen-bond acceptors (Lipinski definition) is 3. The molecular weight excluding hydrogens is 368 g/mol. The molecule has 0 bridgehead atoms. The average molecular weight is 380 g/mol. The molecule has 0 aromatic heterocycles. The van der Waals surface area contributed by atoms with Crippen LogP contribution in [0.3, 0.4) is 0 Å². The lowest BCUT2D eigenvalue weighted by Gasteiger charge is -2.13. The summed E-state index contributed by atoms with van der Waals surface area (Å²) in [5.41, 5.74) is 0.333. The molecular formula is C19H12F4O4. The SMILES string of the molecule is O=C(O)c1ccc2ccc(F)cc2c1OCc1ccc(OC(F)(F)F)cc1. The van der Waals surface area contributed by atoms with Crippen molar-refractivity contribution < 1.29 is 36.9 Å². The van der Waals surface area contributed by atoms with Crippen LogP contribution in [0.2, 0.25) is 0 Å². The standard InChI is InChI=1S/C19H12F4O4/c20-13-5-3-12-4-8-15(18(24)25)17(16(12)9-13)26-10-11-1-6-14(7-2-11)27-19(21,22)23/h1-9H,10H2,(H,24,25). The fourth-order valence-corrected chi connectivity index (χ4v) is 2.53. The van der Waals surface area contributed by atoms with Crippen LogP contribution in [0.15, 0.2) is 54.6 Å². The Bertz CT molecular complexity index is 981. The van der Waals surface area contributed by atoms with E-state index in [0.29, 0.717) is 10.9 Å². The van der Waals surface area contributed by atoms with Gasteiger partial charge in [-0.1, -0.05) is 24.3 Å². The van der Waals surface area contributed by atoms with E-state index in [0.717, 1.165) is 18.2 Å². The molecule has 0 aliphatic heterocycles. The van der Waals surface area contributed by atoms with Crippen LogP contribution < -0.4 is 9.47 Å². The van der Waals surface area contributed by atoms with Crippen molar-refractivity contribution in [1.29, 1.82) is 0 Å². The number of hydrogen-bond donors (Lipinski definition) is 1. The second-order valence-electron chi connectivity index (χ2n) is 5.59. The minimum absolute atomic E-state index is 0.0184. The van der Waals surface area contributed by atoms with Crippen LogP contribution in [-0.2, 0) is 6.61 Å². The quantitative estimate of drug-likeness (QED) is 0.622. The molecule has 140 valence electrons. The molecule has 27 heavy (non-hydrogen) atoms. The minimum atomic E-state index is -4.79. The molecule has 3 aromatic carbocycles. The number of carboxylic acid groups (broad SMARTS) is 1. The molecule has 0 aliphatic carbocycles. The first kappa shape index (κ1) is 18.5. The van der Waals surface area contributed by atoms with E-state index in [1.165, 1.54) is 36.4 Å². The van der Waals surface area contributed by atoms with Gasteiger partial charge < -0.3 is 14.6 Å². The number of halogens is 4. The largest absolute Gasteiger partial charge is 0.573 e. The lowest BCUT2D eigenvalue weighted by atomic mass is 10.0. The van der Waals surface area contributed by atoms with E-state index in [2.05, 4.69) is 4.74 Å². The molecule has 1 N–H and O–H groups in total. The van der Waals surface area contributed by atoms with Crippen LogP contribution in [0.4, 0.5) is 17.6 Å². The summed E-state index contributed by atoms with van der Waals surface area (Å²) in [6.45, 7) is -0.123. The maximum atomic E-state index is 13.6. The van der Waals surface area contributed by atoms with E-state index in [1.54, 1.807) is 0 Å². The molecule has 0 fully saturated rings. The van der Waals surface area contributed by atoms with E-state index in [-0.39, 0.29) is 29.1 Å². The Labute approximate surface area is 150 Å². The summed E-state index contributed by atoms with van der Waals surface area (Å²) in [5.74, 6) is -2.20. The van der Waals surface area contributed by atoms with Gasteiger partial charge in [-0.25, -0.2) is 9.18 Å². The van der Waals surface area contributed by atoms with Gasteiger partial charge in [-0.3, -0.25) is 0 Å². The zero-order chi connectivity index (χ0) is 19.6. The predicted molar refractivity (Wildman–Crippen MR) is 88.3 cm³/mol. The lowest BCUT2D eigenvalue weighted by molar-refractivity contribution is -0.274. The van der Waals surface area contributed by atoms with Gasteiger partial charge in [0, 0.05) is 5.39 Å². The number of benzene rings is 3. The summed E-state index contributed by atoms with van der Waals surface area (Å²) in [6, 6.07) is 11.7. The van der Waals surface area contributed by atoms with Gasteiger partial charge in [-0.15, -0.1) is 13.2 Å². The highest BCUT2D eigenvalue weighted by Gasteiger charge is 2.30. The van der Waals surface area contributed by atoms with Crippen molar-refractivity contribution in [1.82, 2.24) is 0 Å². The fourth-order valence-electron chi connectivity index (χ4n) is 2.53. The van der Waals surface area contributed by atoms with E-state index >= 15 is 0 Å². The first-order valence-corrected chi connectivity index (χ1v) is 7.66. The maximum Gasteiger partial charge on any atom is 0.573 e. The zero-order valence-corrected chi connectivity index (χ0v) is 13.6. The summed E-state index contributed by atoms with van der Waals surface area (Å²) in [5, 5.41) is 10.2. The maximum absolute atomic E-state index is 13.6. The normalized spacial score (nSPS) is 11.4. The Morgan fingerprint density at radius 2 is 1.67 bits per heavy atom. The molecule has 4 nitrogen and oxygen atoms in total. The molecule has 0 saturated carbocycles. The van der Waals surface area contributed by atoms with Gasteiger partial charge in [0.1, 0.15) is 29.5 Å². The fraction of sp³-hybridized carbons (Fsp3) is 0.105.